The molecule has 0 saturated heterocycles. The van der Waals surface area contributed by atoms with Gasteiger partial charge >= 0.3 is 0 Å². The molecule has 0 radical (unpaired) electrons. The van der Waals surface area contributed by atoms with Gasteiger partial charge in [-0.25, -0.2) is 4.68 Å². The lowest BCUT2D eigenvalue weighted by Crippen LogP contribution is -2.12. The Balaban J connectivity index is 1.56. The first kappa shape index (κ1) is 16.5. The quantitative estimate of drug-likeness (QED) is 0.704. The molecule has 24 heavy (non-hydrogen) atoms. The van der Waals surface area contributed by atoms with Gasteiger partial charge in [0.05, 0.1) is 11.9 Å². The van der Waals surface area contributed by atoms with Gasteiger partial charge in [0.25, 0.3) is 0 Å². The smallest absolute Gasteiger partial charge is 0.224 e. The van der Waals surface area contributed by atoms with Gasteiger partial charge in [0.15, 0.2) is 0 Å². The average Bonchev–Trinajstić information content (AvgIpc) is 3.06. The van der Waals surface area contributed by atoms with Crippen molar-refractivity contribution in [2.75, 3.05) is 5.32 Å². The van der Waals surface area contributed by atoms with Crippen LogP contribution in [0.25, 0.3) is 5.69 Å². The van der Waals surface area contributed by atoms with Crippen LogP contribution in [0.15, 0.2) is 65.4 Å². The molecular weight excluding hydrogens is 366 g/mol. The number of rotatable bonds is 5. The van der Waals surface area contributed by atoms with E-state index in [4.69, 9.17) is 0 Å². The lowest BCUT2D eigenvalue weighted by molar-refractivity contribution is -0.116. The van der Waals surface area contributed by atoms with Gasteiger partial charge in [-0.1, -0.05) is 40.2 Å². The van der Waals surface area contributed by atoms with Crippen molar-refractivity contribution in [3.8, 4) is 5.69 Å². The second-order valence-electron chi connectivity index (χ2n) is 5.64. The molecule has 0 saturated carbocycles. The summed E-state index contributed by atoms with van der Waals surface area (Å²) in [7, 11) is 0. The van der Waals surface area contributed by atoms with E-state index in [0.29, 0.717) is 12.8 Å². The number of amides is 1. The van der Waals surface area contributed by atoms with Crippen LogP contribution in [0.4, 0.5) is 5.69 Å². The number of para-hydroxylation sites is 1. The van der Waals surface area contributed by atoms with Crippen LogP contribution < -0.4 is 5.32 Å². The van der Waals surface area contributed by atoms with Crippen LogP contribution in [0.2, 0.25) is 0 Å². The number of aryl methyl sites for hydroxylation is 2. The van der Waals surface area contributed by atoms with Gasteiger partial charge < -0.3 is 5.32 Å². The number of benzene rings is 2. The Morgan fingerprint density at radius 2 is 2.00 bits per heavy atom. The van der Waals surface area contributed by atoms with Crippen molar-refractivity contribution in [2.45, 2.75) is 19.8 Å². The monoisotopic (exact) mass is 383 g/mol. The molecule has 0 unspecified atom stereocenters. The van der Waals surface area contributed by atoms with Gasteiger partial charge in [-0.2, -0.15) is 5.10 Å². The second kappa shape index (κ2) is 7.45. The molecule has 1 N–H and O–H groups in total. The van der Waals surface area contributed by atoms with Crippen LogP contribution in [-0.4, -0.2) is 15.7 Å². The first-order valence-electron chi connectivity index (χ1n) is 7.77. The zero-order valence-electron chi connectivity index (χ0n) is 13.4. The highest BCUT2D eigenvalue weighted by molar-refractivity contribution is 9.10. The summed E-state index contributed by atoms with van der Waals surface area (Å²) in [5.41, 5.74) is 4.00. The van der Waals surface area contributed by atoms with E-state index in [-0.39, 0.29) is 5.91 Å². The van der Waals surface area contributed by atoms with Gasteiger partial charge in [-0.3, -0.25) is 4.79 Å². The van der Waals surface area contributed by atoms with Crippen LogP contribution in [0.1, 0.15) is 17.5 Å². The number of hydrogen-bond acceptors (Lipinski definition) is 2. The summed E-state index contributed by atoms with van der Waals surface area (Å²) in [6, 6.07) is 15.7. The van der Waals surface area contributed by atoms with Crippen LogP contribution in [0.5, 0.6) is 0 Å². The molecule has 0 atom stereocenters. The molecule has 0 fully saturated rings. The molecule has 2 aromatic carbocycles. The maximum Gasteiger partial charge on any atom is 0.224 e. The summed E-state index contributed by atoms with van der Waals surface area (Å²) in [5.74, 6) is -0.00165. The van der Waals surface area contributed by atoms with E-state index in [1.165, 1.54) is 0 Å². The first-order chi connectivity index (χ1) is 11.6. The lowest BCUT2D eigenvalue weighted by atomic mass is 10.2. The molecule has 0 bridgehead atoms. The van der Waals surface area contributed by atoms with Crippen LogP contribution in [0.3, 0.4) is 0 Å². The average molecular weight is 384 g/mol. The largest absolute Gasteiger partial charge is 0.326 e. The van der Waals surface area contributed by atoms with Gasteiger partial charge in [0, 0.05) is 22.8 Å². The molecule has 3 aromatic rings. The van der Waals surface area contributed by atoms with Crippen molar-refractivity contribution >= 4 is 27.5 Å². The number of aromatic nitrogens is 2. The minimum Gasteiger partial charge on any atom is -0.326 e. The Kier molecular flexibility index (Phi) is 5.11. The molecule has 1 aromatic heterocycles. The van der Waals surface area contributed by atoms with Crippen molar-refractivity contribution in [1.29, 1.82) is 0 Å². The van der Waals surface area contributed by atoms with Crippen molar-refractivity contribution < 1.29 is 4.79 Å². The maximum atomic E-state index is 12.1. The maximum absolute atomic E-state index is 12.1. The van der Waals surface area contributed by atoms with E-state index in [1.54, 1.807) is 0 Å². The minimum atomic E-state index is -0.00165. The topological polar surface area (TPSA) is 46.9 Å². The fraction of sp³-hybridized carbons (Fsp3) is 0.158. The number of hydrogen-bond donors (Lipinski definition) is 1. The molecule has 3 rings (SSSR count). The fourth-order valence-corrected chi connectivity index (χ4v) is 2.74. The highest BCUT2D eigenvalue weighted by atomic mass is 79.9. The number of nitrogens with zero attached hydrogens (tertiary/aromatic N) is 2. The van der Waals surface area contributed by atoms with Gasteiger partial charge in [-0.15, -0.1) is 0 Å². The predicted molar refractivity (Wildman–Crippen MR) is 99.4 cm³/mol. The molecule has 4 nitrogen and oxygen atoms in total. The van der Waals surface area contributed by atoms with E-state index in [2.05, 4.69) is 26.3 Å². The van der Waals surface area contributed by atoms with Gasteiger partial charge in [0.2, 0.25) is 5.91 Å². The number of carbonyl (C=O) groups is 1. The number of halogens is 1. The highest BCUT2D eigenvalue weighted by Gasteiger charge is 2.06. The van der Waals surface area contributed by atoms with Crippen molar-refractivity contribution in [2.24, 2.45) is 0 Å². The summed E-state index contributed by atoms with van der Waals surface area (Å²) >= 11 is 3.47. The van der Waals surface area contributed by atoms with Crippen molar-refractivity contribution in [3.05, 3.63) is 76.5 Å². The van der Waals surface area contributed by atoms with E-state index < -0.39 is 0 Å². The van der Waals surface area contributed by atoms with Crippen LogP contribution in [-0.2, 0) is 11.2 Å². The zero-order chi connectivity index (χ0) is 16.9. The summed E-state index contributed by atoms with van der Waals surface area (Å²) in [6.45, 7) is 2.01. The summed E-state index contributed by atoms with van der Waals surface area (Å²) in [6.07, 6.45) is 4.85. The predicted octanol–water partition coefficient (Wildman–Crippen LogP) is 4.51. The molecule has 0 spiro atoms. The SMILES string of the molecule is Cc1ccc(NC(=O)CCc2cnn(-c3ccccc3)c2)cc1Br. The zero-order valence-corrected chi connectivity index (χ0v) is 15.0. The Morgan fingerprint density at radius 3 is 2.75 bits per heavy atom. The van der Waals surface area contributed by atoms with E-state index in [0.717, 1.165) is 27.0 Å². The molecule has 0 aliphatic carbocycles. The molecular formula is C19H18BrN3O. The van der Waals surface area contributed by atoms with E-state index >= 15 is 0 Å². The Hall–Kier alpha value is -2.40. The van der Waals surface area contributed by atoms with Crippen molar-refractivity contribution in [1.82, 2.24) is 9.78 Å². The van der Waals surface area contributed by atoms with Crippen LogP contribution >= 0.6 is 15.9 Å². The van der Waals surface area contributed by atoms with E-state index in [9.17, 15) is 4.79 Å². The fourth-order valence-electron chi connectivity index (χ4n) is 2.36. The molecule has 0 aliphatic heterocycles. The standard InChI is InChI=1S/C19H18BrN3O/c1-14-7-9-16(11-18(14)20)22-19(24)10-8-15-12-21-23(13-15)17-5-3-2-4-6-17/h2-7,9,11-13H,8,10H2,1H3,(H,22,24). The summed E-state index contributed by atoms with van der Waals surface area (Å²) in [4.78, 5) is 12.1. The number of carbonyl (C=O) groups excluding carboxylic acids is 1. The lowest BCUT2D eigenvalue weighted by Gasteiger charge is -2.06. The Morgan fingerprint density at radius 1 is 1.21 bits per heavy atom. The second-order valence-corrected chi connectivity index (χ2v) is 6.50. The molecule has 1 amide bonds. The normalized spacial score (nSPS) is 10.6. The number of anilines is 1. The third-order valence-corrected chi connectivity index (χ3v) is 4.61. The van der Waals surface area contributed by atoms with Crippen molar-refractivity contribution in [3.63, 3.8) is 0 Å². The summed E-state index contributed by atoms with van der Waals surface area (Å²) < 4.78 is 2.81. The molecule has 0 aliphatic rings. The summed E-state index contributed by atoms with van der Waals surface area (Å²) in [5, 5.41) is 7.27. The van der Waals surface area contributed by atoms with E-state index in [1.807, 2.05) is 72.5 Å². The third kappa shape index (κ3) is 4.11. The molecule has 1 heterocycles. The highest BCUT2D eigenvalue weighted by Crippen LogP contribution is 2.20. The van der Waals surface area contributed by atoms with Crippen LogP contribution in [0, 0.1) is 6.92 Å². The first-order valence-corrected chi connectivity index (χ1v) is 8.56. The Labute approximate surface area is 149 Å². The molecule has 122 valence electrons. The van der Waals surface area contributed by atoms with Gasteiger partial charge in [0.1, 0.15) is 0 Å². The van der Waals surface area contributed by atoms with Gasteiger partial charge in [-0.05, 0) is 48.7 Å². The minimum absolute atomic E-state index is 0.00165. The number of nitrogens with one attached hydrogen (secondary N) is 1. The Bertz CT molecular complexity index is 843. The molecule has 5 heteroatoms. The third-order valence-electron chi connectivity index (χ3n) is 3.75.